The van der Waals surface area contributed by atoms with E-state index in [-0.39, 0.29) is 11.4 Å². The molecular weight excluding hydrogens is 294 g/mol. The monoisotopic (exact) mass is 315 g/mol. The number of hydrogen-bond acceptors (Lipinski definition) is 4. The Hall–Kier alpha value is -1.88. The fourth-order valence-corrected chi connectivity index (χ4v) is 2.25. The van der Waals surface area contributed by atoms with Crippen molar-refractivity contribution in [2.75, 3.05) is 0 Å². The van der Waals surface area contributed by atoms with Crippen molar-refractivity contribution in [2.24, 2.45) is 0 Å². The molecule has 5 heteroatoms. The third-order valence-electron chi connectivity index (χ3n) is 3.21. The minimum Gasteiger partial charge on any atom is -0.347 e. The number of carbonyl (C=O) groups excluding carboxylic acids is 1. The highest BCUT2D eigenvalue weighted by atomic mass is 32.1. The summed E-state index contributed by atoms with van der Waals surface area (Å²) in [6.07, 6.45) is 1.80. The van der Waals surface area contributed by atoms with E-state index >= 15 is 0 Å². The number of carbonyl (C=O) groups is 1. The van der Waals surface area contributed by atoms with Crippen molar-refractivity contribution in [2.45, 2.75) is 45.1 Å². The van der Waals surface area contributed by atoms with Crippen LogP contribution in [0.3, 0.4) is 0 Å². The van der Waals surface area contributed by atoms with Gasteiger partial charge < -0.3 is 5.32 Å². The van der Waals surface area contributed by atoms with E-state index in [0.29, 0.717) is 16.3 Å². The van der Waals surface area contributed by atoms with Crippen LogP contribution < -0.4 is 5.32 Å². The van der Waals surface area contributed by atoms with E-state index in [1.165, 1.54) is 0 Å². The molecule has 0 aliphatic rings. The molecule has 0 atom stereocenters. The summed E-state index contributed by atoms with van der Waals surface area (Å²) >= 11 is 4.44. The molecular formula is C17H21N3OS. The van der Waals surface area contributed by atoms with Crippen molar-refractivity contribution in [3.8, 4) is 11.4 Å². The number of nitrogens with zero attached hydrogens (tertiary/aromatic N) is 2. The Morgan fingerprint density at radius 2 is 1.91 bits per heavy atom. The fraction of sp³-hybridized carbons (Fsp3) is 0.353. The van der Waals surface area contributed by atoms with Gasteiger partial charge >= 0.3 is 0 Å². The van der Waals surface area contributed by atoms with Gasteiger partial charge in [0.2, 0.25) is 0 Å². The fourth-order valence-electron chi connectivity index (χ4n) is 1.94. The Morgan fingerprint density at radius 1 is 1.23 bits per heavy atom. The Balaban J connectivity index is 2.33. The number of nitrogens with one attached hydrogen (secondary N) is 1. The molecule has 4 nitrogen and oxygen atoms in total. The van der Waals surface area contributed by atoms with Crippen molar-refractivity contribution >= 4 is 18.5 Å². The lowest BCUT2D eigenvalue weighted by Gasteiger charge is -2.21. The van der Waals surface area contributed by atoms with Gasteiger partial charge in [0.25, 0.3) is 5.91 Å². The maximum absolute atomic E-state index is 12.2. The highest BCUT2D eigenvalue weighted by Crippen LogP contribution is 2.23. The van der Waals surface area contributed by atoms with E-state index in [1.54, 1.807) is 12.3 Å². The second kappa shape index (κ2) is 6.08. The lowest BCUT2D eigenvalue weighted by atomic mass is 10.1. The van der Waals surface area contributed by atoms with Crippen molar-refractivity contribution in [3.05, 3.63) is 41.2 Å². The molecule has 1 N–H and O–H groups in total. The van der Waals surface area contributed by atoms with E-state index in [1.807, 2.05) is 46.8 Å². The third-order valence-corrected chi connectivity index (χ3v) is 3.58. The largest absolute Gasteiger partial charge is 0.347 e. The van der Waals surface area contributed by atoms with Gasteiger partial charge in [-0.15, -0.1) is 12.6 Å². The molecule has 1 heterocycles. The molecule has 0 fully saturated rings. The molecule has 0 radical (unpaired) electrons. The average Bonchev–Trinajstić information content (AvgIpc) is 2.39. The van der Waals surface area contributed by atoms with E-state index in [9.17, 15) is 4.79 Å². The van der Waals surface area contributed by atoms with Gasteiger partial charge in [0.15, 0.2) is 5.82 Å². The first-order chi connectivity index (χ1) is 10.2. The molecule has 0 spiro atoms. The molecule has 0 aliphatic heterocycles. The van der Waals surface area contributed by atoms with Crippen LogP contribution in [0, 0.1) is 13.8 Å². The average molecular weight is 315 g/mol. The van der Waals surface area contributed by atoms with Crippen molar-refractivity contribution in [3.63, 3.8) is 0 Å². The van der Waals surface area contributed by atoms with Crippen LogP contribution in [0.5, 0.6) is 0 Å². The van der Waals surface area contributed by atoms with Crippen LogP contribution in [0.1, 0.15) is 42.4 Å². The summed E-state index contributed by atoms with van der Waals surface area (Å²) in [5.74, 6) is 0.506. The predicted octanol–water partition coefficient (Wildman–Crippen LogP) is 3.58. The summed E-state index contributed by atoms with van der Waals surface area (Å²) in [5.41, 5.74) is 3.11. The zero-order valence-corrected chi connectivity index (χ0v) is 14.5. The van der Waals surface area contributed by atoms with Gasteiger partial charge in [-0.25, -0.2) is 9.97 Å². The summed E-state index contributed by atoms with van der Waals surface area (Å²) < 4.78 is 0. The summed E-state index contributed by atoms with van der Waals surface area (Å²) in [5, 5.41) is 2.93. The minimum absolute atomic E-state index is 0.134. The maximum Gasteiger partial charge on any atom is 0.252 e. The van der Waals surface area contributed by atoms with Crippen LogP contribution in [0.15, 0.2) is 29.3 Å². The van der Waals surface area contributed by atoms with E-state index < -0.39 is 0 Å². The highest BCUT2D eigenvalue weighted by Gasteiger charge is 2.17. The van der Waals surface area contributed by atoms with Gasteiger partial charge in [0.1, 0.15) is 0 Å². The molecule has 1 amide bonds. The SMILES string of the molecule is Cc1cnc(-c2ccc(C(=O)NC(C)(C)C)c(S)c2)nc1C. The third kappa shape index (κ3) is 3.85. The summed E-state index contributed by atoms with van der Waals surface area (Å²) in [4.78, 5) is 21.7. The number of benzene rings is 1. The van der Waals surface area contributed by atoms with Crippen molar-refractivity contribution in [1.29, 1.82) is 0 Å². The number of amides is 1. The standard InChI is InChI=1S/C17H21N3OS/c1-10-9-18-15(19-11(10)2)12-6-7-13(14(22)8-12)16(21)20-17(3,4)5/h6-9,22H,1-5H3,(H,20,21). The Labute approximate surface area is 136 Å². The first-order valence-electron chi connectivity index (χ1n) is 7.13. The molecule has 116 valence electrons. The van der Waals surface area contributed by atoms with Gasteiger partial charge in [-0.05, 0) is 52.3 Å². The van der Waals surface area contributed by atoms with E-state index in [2.05, 4.69) is 27.9 Å². The molecule has 2 aromatic rings. The van der Waals surface area contributed by atoms with Crippen molar-refractivity contribution in [1.82, 2.24) is 15.3 Å². The van der Waals surface area contributed by atoms with E-state index in [4.69, 9.17) is 0 Å². The van der Waals surface area contributed by atoms with Gasteiger partial charge in [0, 0.05) is 27.9 Å². The molecule has 0 aliphatic carbocycles. The molecule has 1 aromatic heterocycles. The van der Waals surface area contributed by atoms with Crippen LogP contribution in [-0.2, 0) is 0 Å². The van der Waals surface area contributed by atoms with Crippen LogP contribution in [0.25, 0.3) is 11.4 Å². The van der Waals surface area contributed by atoms with Crippen LogP contribution in [-0.4, -0.2) is 21.4 Å². The lowest BCUT2D eigenvalue weighted by Crippen LogP contribution is -2.40. The number of hydrogen-bond donors (Lipinski definition) is 2. The smallest absolute Gasteiger partial charge is 0.252 e. The summed E-state index contributed by atoms with van der Waals surface area (Å²) in [6, 6.07) is 5.43. The maximum atomic E-state index is 12.2. The molecule has 0 saturated heterocycles. The van der Waals surface area contributed by atoms with Crippen LogP contribution >= 0.6 is 12.6 Å². The van der Waals surface area contributed by atoms with Crippen LogP contribution in [0.4, 0.5) is 0 Å². The Morgan fingerprint density at radius 3 is 2.45 bits per heavy atom. The minimum atomic E-state index is -0.285. The Bertz CT molecular complexity index is 720. The number of rotatable bonds is 2. The van der Waals surface area contributed by atoms with Crippen molar-refractivity contribution < 1.29 is 4.79 Å². The number of aromatic nitrogens is 2. The quantitative estimate of drug-likeness (QED) is 0.833. The zero-order valence-electron chi connectivity index (χ0n) is 13.6. The summed E-state index contributed by atoms with van der Waals surface area (Å²) in [6.45, 7) is 9.76. The second-order valence-electron chi connectivity index (χ2n) is 6.40. The van der Waals surface area contributed by atoms with Gasteiger partial charge in [-0.3, -0.25) is 4.79 Å². The molecule has 0 saturated carbocycles. The van der Waals surface area contributed by atoms with Crippen LogP contribution in [0.2, 0.25) is 0 Å². The van der Waals surface area contributed by atoms with Gasteiger partial charge in [0.05, 0.1) is 5.56 Å². The number of thiol groups is 1. The normalized spacial score (nSPS) is 11.4. The van der Waals surface area contributed by atoms with Gasteiger partial charge in [-0.1, -0.05) is 6.07 Å². The molecule has 0 bridgehead atoms. The number of aryl methyl sites for hydroxylation is 2. The predicted molar refractivity (Wildman–Crippen MR) is 91.4 cm³/mol. The molecule has 0 unspecified atom stereocenters. The Kier molecular flexibility index (Phi) is 4.56. The topological polar surface area (TPSA) is 54.9 Å². The summed E-state index contributed by atoms with van der Waals surface area (Å²) in [7, 11) is 0. The molecule has 22 heavy (non-hydrogen) atoms. The highest BCUT2D eigenvalue weighted by molar-refractivity contribution is 7.80. The lowest BCUT2D eigenvalue weighted by molar-refractivity contribution is 0.0916. The molecule has 1 aromatic carbocycles. The zero-order chi connectivity index (χ0) is 16.5. The van der Waals surface area contributed by atoms with E-state index in [0.717, 1.165) is 16.8 Å². The first-order valence-corrected chi connectivity index (χ1v) is 7.58. The van der Waals surface area contributed by atoms with Gasteiger partial charge in [-0.2, -0.15) is 0 Å². The second-order valence-corrected chi connectivity index (χ2v) is 6.88. The molecule has 2 rings (SSSR count). The first kappa shape index (κ1) is 16.5.